The Hall–Kier alpha value is -3.55. The smallest absolute Gasteiger partial charge is 0.322 e. The number of rotatable bonds is 5. The molecule has 0 spiro atoms. The number of hydrogen-bond acceptors (Lipinski definition) is 4. The summed E-state index contributed by atoms with van der Waals surface area (Å²) in [6.45, 7) is 6.11. The minimum Gasteiger partial charge on any atom is -0.353 e. The van der Waals surface area contributed by atoms with Crippen LogP contribution in [0.5, 0.6) is 0 Å². The van der Waals surface area contributed by atoms with Gasteiger partial charge in [0.05, 0.1) is 5.69 Å². The number of amides is 2. The molecule has 2 amide bonds. The first kappa shape index (κ1) is 22.6. The van der Waals surface area contributed by atoms with Crippen LogP contribution in [0.25, 0.3) is 0 Å². The van der Waals surface area contributed by atoms with Crippen LogP contribution in [0.3, 0.4) is 0 Å². The van der Waals surface area contributed by atoms with Crippen LogP contribution >= 0.6 is 0 Å². The fourth-order valence-electron chi connectivity index (χ4n) is 4.08. The fourth-order valence-corrected chi connectivity index (χ4v) is 4.08. The van der Waals surface area contributed by atoms with Gasteiger partial charge in [0, 0.05) is 49.9 Å². The highest BCUT2D eigenvalue weighted by atomic mass is 19.1. The van der Waals surface area contributed by atoms with Crippen molar-refractivity contribution >= 4 is 17.5 Å². The van der Waals surface area contributed by atoms with E-state index in [1.807, 2.05) is 25.1 Å². The Balaban J connectivity index is 1.49. The second kappa shape index (κ2) is 9.94. The van der Waals surface area contributed by atoms with Crippen LogP contribution in [0, 0.1) is 18.6 Å². The molecule has 8 heteroatoms. The van der Waals surface area contributed by atoms with Gasteiger partial charge in [0.1, 0.15) is 23.3 Å². The van der Waals surface area contributed by atoms with Crippen molar-refractivity contribution in [2.75, 3.05) is 36.4 Å². The van der Waals surface area contributed by atoms with Crippen molar-refractivity contribution in [3.63, 3.8) is 0 Å². The van der Waals surface area contributed by atoms with Crippen molar-refractivity contribution < 1.29 is 13.6 Å². The number of aryl methyl sites for hydroxylation is 2. The molecule has 1 aliphatic heterocycles. The summed E-state index contributed by atoms with van der Waals surface area (Å²) < 4.78 is 27.0. The molecule has 0 bridgehead atoms. The van der Waals surface area contributed by atoms with Gasteiger partial charge in [0.2, 0.25) is 0 Å². The third-order valence-electron chi connectivity index (χ3n) is 5.78. The average Bonchev–Trinajstić information content (AvgIpc) is 2.82. The molecule has 33 heavy (non-hydrogen) atoms. The van der Waals surface area contributed by atoms with E-state index in [1.54, 1.807) is 4.90 Å². The van der Waals surface area contributed by atoms with Gasteiger partial charge in [-0.25, -0.2) is 23.5 Å². The molecule has 1 saturated heterocycles. The minimum atomic E-state index is -0.795. The zero-order chi connectivity index (χ0) is 23.4. The van der Waals surface area contributed by atoms with Crippen LogP contribution in [-0.4, -0.2) is 47.1 Å². The Morgan fingerprint density at radius 3 is 2.42 bits per heavy atom. The summed E-state index contributed by atoms with van der Waals surface area (Å²) in [6.07, 6.45) is 1.55. The summed E-state index contributed by atoms with van der Waals surface area (Å²) >= 11 is 0. The molecule has 2 aromatic carbocycles. The number of hydrogen-bond donors (Lipinski definition) is 1. The van der Waals surface area contributed by atoms with Crippen molar-refractivity contribution in [1.82, 2.24) is 14.9 Å². The molecule has 3 aromatic rings. The van der Waals surface area contributed by atoms with Crippen molar-refractivity contribution in [1.29, 1.82) is 0 Å². The Labute approximate surface area is 192 Å². The largest absolute Gasteiger partial charge is 0.353 e. The lowest BCUT2D eigenvalue weighted by Gasteiger charge is -2.36. The Bertz CT molecular complexity index is 1130. The molecular formula is C25H27F2N5O. The van der Waals surface area contributed by atoms with Crippen molar-refractivity contribution in [2.24, 2.45) is 0 Å². The topological polar surface area (TPSA) is 61.4 Å². The zero-order valence-corrected chi connectivity index (χ0v) is 18.8. The van der Waals surface area contributed by atoms with Gasteiger partial charge in [-0.05, 0) is 31.0 Å². The average molecular weight is 452 g/mol. The van der Waals surface area contributed by atoms with Crippen molar-refractivity contribution in [2.45, 2.75) is 26.7 Å². The van der Waals surface area contributed by atoms with E-state index in [-0.39, 0.29) is 5.69 Å². The molecule has 0 aliphatic carbocycles. The molecule has 1 fully saturated rings. The van der Waals surface area contributed by atoms with Crippen molar-refractivity contribution in [3.8, 4) is 0 Å². The number of benzene rings is 2. The summed E-state index contributed by atoms with van der Waals surface area (Å²) in [7, 11) is 0. The lowest BCUT2D eigenvalue weighted by molar-refractivity contribution is 0.208. The van der Waals surface area contributed by atoms with Gasteiger partial charge in [-0.3, -0.25) is 0 Å². The monoisotopic (exact) mass is 451 g/mol. The van der Waals surface area contributed by atoms with Gasteiger partial charge in [-0.2, -0.15) is 0 Å². The van der Waals surface area contributed by atoms with Gasteiger partial charge in [-0.15, -0.1) is 0 Å². The molecule has 4 rings (SSSR count). The summed E-state index contributed by atoms with van der Waals surface area (Å²) in [5.74, 6) is 0.159. The minimum absolute atomic E-state index is 0.0343. The third-order valence-corrected chi connectivity index (χ3v) is 5.78. The number of piperazine rings is 1. The van der Waals surface area contributed by atoms with E-state index < -0.39 is 17.7 Å². The highest BCUT2D eigenvalue weighted by molar-refractivity contribution is 5.89. The summed E-state index contributed by atoms with van der Waals surface area (Å²) in [4.78, 5) is 25.9. The SMILES string of the molecule is CCc1nc(C)nc(N2CCN(C(=O)Nc3ccc(F)cc3F)CC2)c1Cc1ccccc1. The molecular weight excluding hydrogens is 424 g/mol. The maximum Gasteiger partial charge on any atom is 0.322 e. The molecule has 0 saturated carbocycles. The number of halogens is 2. The molecule has 172 valence electrons. The van der Waals surface area contributed by atoms with Crippen molar-refractivity contribution in [3.05, 3.63) is 82.8 Å². The quantitative estimate of drug-likeness (QED) is 0.617. The molecule has 2 heterocycles. The van der Waals surface area contributed by atoms with E-state index in [4.69, 9.17) is 4.98 Å². The maximum absolute atomic E-state index is 13.9. The first-order valence-electron chi connectivity index (χ1n) is 11.1. The summed E-state index contributed by atoms with van der Waals surface area (Å²) in [5.41, 5.74) is 3.31. The van der Waals surface area contributed by atoms with E-state index in [9.17, 15) is 13.6 Å². The van der Waals surface area contributed by atoms with Gasteiger partial charge in [0.25, 0.3) is 0 Å². The van der Waals surface area contributed by atoms with Crippen LogP contribution in [-0.2, 0) is 12.8 Å². The zero-order valence-electron chi connectivity index (χ0n) is 18.8. The Morgan fingerprint density at radius 1 is 1.03 bits per heavy atom. The van der Waals surface area contributed by atoms with Gasteiger partial charge >= 0.3 is 6.03 Å². The Kier molecular flexibility index (Phi) is 6.82. The number of aromatic nitrogens is 2. The number of anilines is 2. The van der Waals surface area contributed by atoms with Gasteiger partial charge in [-0.1, -0.05) is 37.3 Å². The van der Waals surface area contributed by atoms with Gasteiger partial charge in [0.15, 0.2) is 0 Å². The molecule has 0 atom stereocenters. The van der Waals surface area contributed by atoms with E-state index in [0.717, 1.165) is 47.9 Å². The van der Waals surface area contributed by atoms with E-state index >= 15 is 0 Å². The maximum atomic E-state index is 13.9. The van der Waals surface area contributed by atoms with Gasteiger partial charge < -0.3 is 15.1 Å². The first-order valence-corrected chi connectivity index (χ1v) is 11.1. The highest BCUT2D eigenvalue weighted by Crippen LogP contribution is 2.26. The highest BCUT2D eigenvalue weighted by Gasteiger charge is 2.25. The van der Waals surface area contributed by atoms with E-state index in [0.29, 0.717) is 26.2 Å². The summed E-state index contributed by atoms with van der Waals surface area (Å²) in [6, 6.07) is 12.9. The number of nitrogens with zero attached hydrogens (tertiary/aromatic N) is 4. The van der Waals surface area contributed by atoms with E-state index in [1.165, 1.54) is 11.6 Å². The predicted octanol–water partition coefficient (Wildman–Crippen LogP) is 4.57. The third kappa shape index (κ3) is 5.27. The lowest BCUT2D eigenvalue weighted by atomic mass is 10.0. The predicted molar refractivity (Wildman–Crippen MR) is 125 cm³/mol. The van der Waals surface area contributed by atoms with Crippen LogP contribution in [0.4, 0.5) is 25.1 Å². The second-order valence-corrected chi connectivity index (χ2v) is 8.06. The number of carbonyl (C=O) groups excluding carboxylic acids is 1. The van der Waals surface area contributed by atoms with E-state index in [2.05, 4.69) is 34.3 Å². The van der Waals surface area contributed by atoms with Crippen LogP contribution in [0.15, 0.2) is 48.5 Å². The van der Waals surface area contributed by atoms with Crippen LogP contribution in [0.1, 0.15) is 29.6 Å². The lowest BCUT2D eigenvalue weighted by Crippen LogP contribution is -2.50. The summed E-state index contributed by atoms with van der Waals surface area (Å²) in [5, 5.41) is 2.53. The molecule has 6 nitrogen and oxygen atoms in total. The molecule has 1 aromatic heterocycles. The normalized spacial score (nSPS) is 13.8. The molecule has 0 unspecified atom stereocenters. The molecule has 0 radical (unpaired) electrons. The fraction of sp³-hybridized carbons (Fsp3) is 0.320. The van der Waals surface area contributed by atoms with Crippen LogP contribution < -0.4 is 10.2 Å². The molecule has 1 N–H and O–H groups in total. The number of nitrogens with one attached hydrogen (secondary N) is 1. The number of urea groups is 1. The van der Waals surface area contributed by atoms with Crippen LogP contribution in [0.2, 0.25) is 0 Å². The second-order valence-electron chi connectivity index (χ2n) is 8.06. The standard InChI is InChI=1S/C25H27F2N5O/c1-3-22-20(15-18-7-5-4-6-8-18)24(29-17(2)28-22)31-11-13-32(14-12-31)25(33)30-23-10-9-19(26)16-21(23)27/h4-10,16H,3,11-15H2,1-2H3,(H,30,33). The number of carbonyl (C=O) groups is 1. The first-order chi connectivity index (χ1) is 15.9. The molecule has 1 aliphatic rings. The Morgan fingerprint density at radius 2 is 1.76 bits per heavy atom.